The highest BCUT2D eigenvalue weighted by atomic mass is 32.1. The second-order valence-electron chi connectivity index (χ2n) is 5.95. The second-order valence-corrected chi connectivity index (χ2v) is 7.74. The van der Waals surface area contributed by atoms with Crippen molar-refractivity contribution in [2.45, 2.75) is 32.6 Å². The quantitative estimate of drug-likeness (QED) is 0.720. The second kappa shape index (κ2) is 8.01. The lowest BCUT2D eigenvalue weighted by Crippen LogP contribution is -2.21. The third-order valence-electron chi connectivity index (χ3n) is 3.95. The summed E-state index contributed by atoms with van der Waals surface area (Å²) >= 11 is 2.56. The Morgan fingerprint density at radius 1 is 1.19 bits per heavy atom. The predicted octanol–water partition coefficient (Wildman–Crippen LogP) is 3.97. The molecule has 0 radical (unpaired) electrons. The van der Waals surface area contributed by atoms with Crippen LogP contribution in [-0.4, -0.2) is 31.1 Å². The van der Waals surface area contributed by atoms with E-state index in [-0.39, 0.29) is 6.61 Å². The zero-order valence-electron chi connectivity index (χ0n) is 14.5. The van der Waals surface area contributed by atoms with Gasteiger partial charge in [-0.05, 0) is 60.6 Å². The summed E-state index contributed by atoms with van der Waals surface area (Å²) < 4.78 is 10.2. The lowest BCUT2D eigenvalue weighted by Gasteiger charge is -2.08. The molecule has 1 amide bonds. The molecule has 1 saturated carbocycles. The van der Waals surface area contributed by atoms with Crippen LogP contribution in [0, 0.1) is 6.92 Å². The molecule has 6 nitrogen and oxygen atoms in total. The van der Waals surface area contributed by atoms with Gasteiger partial charge in [-0.2, -0.15) is 0 Å². The zero-order valence-corrected chi connectivity index (χ0v) is 16.1. The molecule has 0 unspecified atom stereocenters. The van der Waals surface area contributed by atoms with E-state index in [4.69, 9.17) is 9.47 Å². The number of anilines is 1. The van der Waals surface area contributed by atoms with Crippen LogP contribution in [0.25, 0.3) is 0 Å². The van der Waals surface area contributed by atoms with Gasteiger partial charge in [0, 0.05) is 0 Å². The molecule has 138 valence electrons. The molecule has 1 aliphatic carbocycles. The van der Waals surface area contributed by atoms with E-state index < -0.39 is 24.5 Å². The van der Waals surface area contributed by atoms with Gasteiger partial charge in [-0.3, -0.25) is 4.79 Å². The minimum atomic E-state index is -0.525. The molecule has 2 aromatic heterocycles. The number of carbonyl (C=O) groups is 3. The van der Waals surface area contributed by atoms with E-state index in [9.17, 15) is 14.4 Å². The van der Waals surface area contributed by atoms with E-state index in [1.165, 1.54) is 22.7 Å². The van der Waals surface area contributed by atoms with Crippen molar-refractivity contribution in [1.82, 2.24) is 0 Å². The Kier molecular flexibility index (Phi) is 5.73. The summed E-state index contributed by atoms with van der Waals surface area (Å²) in [4.78, 5) is 36.9. The molecule has 0 saturated heterocycles. The Bertz CT molecular complexity index is 835. The van der Waals surface area contributed by atoms with Crippen LogP contribution in [-0.2, 0) is 14.3 Å². The fourth-order valence-corrected chi connectivity index (χ4v) is 4.38. The Morgan fingerprint density at radius 2 is 1.96 bits per heavy atom. The van der Waals surface area contributed by atoms with Gasteiger partial charge < -0.3 is 14.8 Å². The summed E-state index contributed by atoms with van der Waals surface area (Å²) in [5, 5.41) is 6.80. The molecule has 26 heavy (non-hydrogen) atoms. The highest BCUT2D eigenvalue weighted by molar-refractivity contribution is 7.15. The summed E-state index contributed by atoms with van der Waals surface area (Å²) in [5.74, 6) is -1.08. The van der Waals surface area contributed by atoms with Crippen LogP contribution in [0.2, 0.25) is 0 Å². The Balaban J connectivity index is 1.64. The van der Waals surface area contributed by atoms with Gasteiger partial charge in [-0.15, -0.1) is 22.7 Å². The maximum Gasteiger partial charge on any atom is 0.349 e. The van der Waals surface area contributed by atoms with Crippen LogP contribution in [0.4, 0.5) is 5.00 Å². The van der Waals surface area contributed by atoms with E-state index in [1.807, 2.05) is 18.4 Å². The molecule has 0 bridgehead atoms. The molecule has 8 heteroatoms. The topological polar surface area (TPSA) is 81.7 Å². The summed E-state index contributed by atoms with van der Waals surface area (Å²) in [6.07, 6.45) is 2.07. The van der Waals surface area contributed by atoms with Gasteiger partial charge in [-0.1, -0.05) is 0 Å². The van der Waals surface area contributed by atoms with E-state index in [2.05, 4.69) is 5.32 Å². The summed E-state index contributed by atoms with van der Waals surface area (Å²) in [7, 11) is 0. The van der Waals surface area contributed by atoms with E-state index in [0.29, 0.717) is 21.4 Å². The summed E-state index contributed by atoms with van der Waals surface area (Å²) in [6, 6.07) is 1.82. The number of esters is 2. The van der Waals surface area contributed by atoms with Gasteiger partial charge in [0.05, 0.1) is 12.2 Å². The van der Waals surface area contributed by atoms with Crippen LogP contribution >= 0.6 is 22.7 Å². The molecule has 0 aromatic carbocycles. The maximum absolute atomic E-state index is 12.3. The monoisotopic (exact) mass is 393 g/mol. The number of nitrogens with one attached hydrogen (secondary N) is 1. The fourth-order valence-electron chi connectivity index (χ4n) is 2.51. The molecular weight excluding hydrogens is 374 g/mol. The fraction of sp³-hybridized carbons (Fsp3) is 0.389. The van der Waals surface area contributed by atoms with Crippen LogP contribution in [0.3, 0.4) is 0 Å². The van der Waals surface area contributed by atoms with Crippen molar-refractivity contribution < 1.29 is 23.9 Å². The number of aryl methyl sites for hydroxylation is 1. The van der Waals surface area contributed by atoms with Gasteiger partial charge in [-0.25, -0.2) is 9.59 Å². The van der Waals surface area contributed by atoms with Crippen molar-refractivity contribution in [2.24, 2.45) is 0 Å². The van der Waals surface area contributed by atoms with Crippen molar-refractivity contribution in [3.05, 3.63) is 38.4 Å². The Labute approximate surface area is 159 Å². The van der Waals surface area contributed by atoms with Crippen molar-refractivity contribution in [1.29, 1.82) is 0 Å². The number of carbonyl (C=O) groups excluding carboxylic acids is 3. The van der Waals surface area contributed by atoms with E-state index in [1.54, 1.807) is 12.3 Å². The minimum absolute atomic E-state index is 0.268. The van der Waals surface area contributed by atoms with Gasteiger partial charge >= 0.3 is 11.9 Å². The van der Waals surface area contributed by atoms with Crippen LogP contribution in [0.5, 0.6) is 0 Å². The van der Waals surface area contributed by atoms with Gasteiger partial charge in [0.25, 0.3) is 5.91 Å². The lowest BCUT2D eigenvalue weighted by molar-refractivity contribution is -0.119. The molecule has 1 N–H and O–H groups in total. The first-order valence-corrected chi connectivity index (χ1v) is 10.1. The lowest BCUT2D eigenvalue weighted by atomic mass is 10.1. The van der Waals surface area contributed by atoms with Crippen molar-refractivity contribution in [3.63, 3.8) is 0 Å². The first-order chi connectivity index (χ1) is 12.5. The predicted molar refractivity (Wildman–Crippen MR) is 100 cm³/mol. The van der Waals surface area contributed by atoms with E-state index in [0.717, 1.165) is 24.0 Å². The molecule has 0 spiro atoms. The van der Waals surface area contributed by atoms with Gasteiger partial charge in [0.2, 0.25) is 0 Å². The molecule has 1 fully saturated rings. The number of ether oxygens (including phenoxy) is 2. The average Bonchev–Trinajstić information content (AvgIpc) is 3.23. The SMILES string of the molecule is CCOC(=O)c1c(C2CC2)csc1NC(=O)COC(=O)c1sccc1C. The average molecular weight is 393 g/mol. The molecule has 1 aliphatic rings. The number of hydrogen-bond acceptors (Lipinski definition) is 7. The van der Waals surface area contributed by atoms with Gasteiger partial charge in [0.15, 0.2) is 6.61 Å². The van der Waals surface area contributed by atoms with Crippen molar-refractivity contribution in [2.75, 3.05) is 18.5 Å². The first kappa shape index (κ1) is 18.6. The number of hydrogen-bond donors (Lipinski definition) is 1. The third kappa shape index (κ3) is 4.13. The molecule has 2 heterocycles. The number of amides is 1. The van der Waals surface area contributed by atoms with Crippen molar-refractivity contribution >= 4 is 45.5 Å². The third-order valence-corrected chi connectivity index (χ3v) is 5.86. The standard InChI is InChI=1S/C18H19NO5S2/c1-3-23-17(21)14-12(11-4-5-11)9-26-16(14)19-13(20)8-24-18(22)15-10(2)6-7-25-15/h6-7,9,11H,3-5,8H2,1-2H3,(H,19,20). The normalized spacial score (nSPS) is 13.3. The highest BCUT2D eigenvalue weighted by Gasteiger charge is 2.32. The smallest absolute Gasteiger partial charge is 0.349 e. The Hall–Kier alpha value is -2.19. The van der Waals surface area contributed by atoms with Gasteiger partial charge in [0.1, 0.15) is 9.88 Å². The minimum Gasteiger partial charge on any atom is -0.462 e. The molecular formula is C18H19NO5S2. The largest absolute Gasteiger partial charge is 0.462 e. The molecule has 2 aromatic rings. The van der Waals surface area contributed by atoms with Crippen LogP contribution < -0.4 is 5.32 Å². The first-order valence-electron chi connectivity index (χ1n) is 8.30. The van der Waals surface area contributed by atoms with Crippen molar-refractivity contribution in [3.8, 4) is 0 Å². The summed E-state index contributed by atoms with van der Waals surface area (Å²) in [6.45, 7) is 3.41. The highest BCUT2D eigenvalue weighted by Crippen LogP contribution is 2.46. The van der Waals surface area contributed by atoms with E-state index >= 15 is 0 Å². The number of rotatable bonds is 7. The van der Waals surface area contributed by atoms with Crippen LogP contribution in [0.1, 0.15) is 56.8 Å². The molecule has 3 rings (SSSR count). The molecule has 0 atom stereocenters. The maximum atomic E-state index is 12.3. The van der Waals surface area contributed by atoms with Crippen LogP contribution in [0.15, 0.2) is 16.8 Å². The zero-order chi connectivity index (χ0) is 18.7. The summed E-state index contributed by atoms with van der Waals surface area (Å²) in [5.41, 5.74) is 2.17. The molecule has 0 aliphatic heterocycles. The number of thiophene rings is 2. The Morgan fingerprint density at radius 3 is 2.58 bits per heavy atom.